The summed E-state index contributed by atoms with van der Waals surface area (Å²) in [6, 6.07) is 16.9. The van der Waals surface area contributed by atoms with Gasteiger partial charge in [0, 0.05) is 17.5 Å². The lowest BCUT2D eigenvalue weighted by Gasteiger charge is -2.14. The highest BCUT2D eigenvalue weighted by molar-refractivity contribution is 6.30. The highest BCUT2D eigenvalue weighted by Crippen LogP contribution is 2.36. The fourth-order valence-corrected chi connectivity index (χ4v) is 4.63. The smallest absolute Gasteiger partial charge is 0.200 e. The van der Waals surface area contributed by atoms with E-state index in [1.807, 2.05) is 61.5 Å². The van der Waals surface area contributed by atoms with E-state index in [1.165, 1.54) is 0 Å². The first-order valence-corrected chi connectivity index (χ1v) is 12.3. The van der Waals surface area contributed by atoms with Crippen LogP contribution in [0.1, 0.15) is 36.7 Å². The quantitative estimate of drug-likeness (QED) is 0.288. The van der Waals surface area contributed by atoms with Gasteiger partial charge in [0.15, 0.2) is 11.5 Å². The van der Waals surface area contributed by atoms with Gasteiger partial charge in [-0.1, -0.05) is 43.1 Å². The molecule has 0 bridgehead atoms. The van der Waals surface area contributed by atoms with Crippen LogP contribution in [-0.4, -0.2) is 13.2 Å². The number of hydrogen-bond acceptors (Lipinski definition) is 5. The van der Waals surface area contributed by atoms with E-state index in [1.54, 1.807) is 0 Å². The van der Waals surface area contributed by atoms with E-state index in [9.17, 15) is 4.79 Å². The Bertz CT molecular complexity index is 1440. The minimum atomic E-state index is -0.0722. The second-order valence-electron chi connectivity index (χ2n) is 8.70. The summed E-state index contributed by atoms with van der Waals surface area (Å²) in [7, 11) is 0. The molecule has 1 aliphatic rings. The summed E-state index contributed by atoms with van der Waals surface area (Å²) in [5, 5.41) is 1.21. The molecule has 0 atom stereocenters. The van der Waals surface area contributed by atoms with E-state index in [0.29, 0.717) is 64.4 Å². The van der Waals surface area contributed by atoms with Crippen LogP contribution in [0.15, 0.2) is 63.8 Å². The van der Waals surface area contributed by atoms with Crippen molar-refractivity contribution in [3.63, 3.8) is 0 Å². The van der Waals surface area contributed by atoms with Crippen LogP contribution in [0.5, 0.6) is 17.2 Å². The summed E-state index contributed by atoms with van der Waals surface area (Å²) in [5.41, 5.74) is 3.66. The molecule has 5 rings (SSSR count). The number of rotatable bonds is 6. The van der Waals surface area contributed by atoms with Crippen molar-refractivity contribution in [1.29, 1.82) is 0 Å². The number of ether oxygens (including phenoxy) is 3. The maximum atomic E-state index is 13.7. The van der Waals surface area contributed by atoms with E-state index in [-0.39, 0.29) is 5.43 Å². The van der Waals surface area contributed by atoms with Gasteiger partial charge >= 0.3 is 0 Å². The van der Waals surface area contributed by atoms with Gasteiger partial charge in [-0.05, 0) is 60.4 Å². The zero-order valence-electron chi connectivity index (χ0n) is 19.9. The SMILES string of the molecule is CCCc1cc2c(=O)c(-c3ccc4c(c3)OCCCO4)c(C)oc2cc1OCc1cccc(Cl)c1. The number of hydrogen-bond donors (Lipinski definition) is 0. The van der Waals surface area contributed by atoms with Crippen molar-refractivity contribution < 1.29 is 18.6 Å². The molecule has 6 heteroatoms. The van der Waals surface area contributed by atoms with E-state index in [4.69, 9.17) is 30.2 Å². The third-order valence-corrected chi connectivity index (χ3v) is 6.32. The molecule has 4 aromatic rings. The Hall–Kier alpha value is -3.44. The van der Waals surface area contributed by atoms with Crippen LogP contribution in [0.2, 0.25) is 5.02 Å². The number of benzene rings is 3. The second kappa shape index (κ2) is 10.0. The van der Waals surface area contributed by atoms with Crippen molar-refractivity contribution in [2.75, 3.05) is 13.2 Å². The highest BCUT2D eigenvalue weighted by Gasteiger charge is 2.19. The molecular formula is C29H27ClO5. The molecule has 0 unspecified atom stereocenters. The molecule has 0 fully saturated rings. The van der Waals surface area contributed by atoms with Crippen molar-refractivity contribution in [2.45, 2.75) is 39.7 Å². The predicted molar refractivity (Wildman–Crippen MR) is 138 cm³/mol. The van der Waals surface area contributed by atoms with E-state index in [0.717, 1.165) is 36.0 Å². The molecule has 0 spiro atoms. The van der Waals surface area contributed by atoms with Crippen LogP contribution in [0.4, 0.5) is 0 Å². The van der Waals surface area contributed by atoms with Crippen LogP contribution >= 0.6 is 11.6 Å². The Kier molecular flexibility index (Phi) is 6.69. The van der Waals surface area contributed by atoms with Crippen molar-refractivity contribution in [3.05, 3.63) is 86.7 Å². The van der Waals surface area contributed by atoms with Crippen molar-refractivity contribution in [2.24, 2.45) is 0 Å². The summed E-state index contributed by atoms with van der Waals surface area (Å²) in [5.74, 6) is 2.60. The summed E-state index contributed by atoms with van der Waals surface area (Å²) in [6.07, 6.45) is 2.53. The lowest BCUT2D eigenvalue weighted by molar-refractivity contribution is 0.297. The minimum absolute atomic E-state index is 0.0722. The van der Waals surface area contributed by atoms with E-state index >= 15 is 0 Å². The van der Waals surface area contributed by atoms with Gasteiger partial charge in [0.05, 0.1) is 24.2 Å². The maximum Gasteiger partial charge on any atom is 0.200 e. The molecule has 0 saturated carbocycles. The molecule has 35 heavy (non-hydrogen) atoms. The maximum absolute atomic E-state index is 13.7. The molecule has 180 valence electrons. The predicted octanol–water partition coefficient (Wildman–Crippen LogP) is 7.11. The average Bonchev–Trinajstić information content (AvgIpc) is 3.08. The van der Waals surface area contributed by atoms with Crippen LogP contribution in [0.3, 0.4) is 0 Å². The average molecular weight is 491 g/mol. The fraction of sp³-hybridized carbons (Fsp3) is 0.276. The fourth-order valence-electron chi connectivity index (χ4n) is 4.42. The van der Waals surface area contributed by atoms with Gasteiger partial charge in [0.25, 0.3) is 0 Å². The number of aryl methyl sites for hydroxylation is 2. The van der Waals surface area contributed by atoms with Crippen molar-refractivity contribution in [1.82, 2.24) is 0 Å². The van der Waals surface area contributed by atoms with E-state index < -0.39 is 0 Å². The normalized spacial score (nSPS) is 13.0. The first-order chi connectivity index (χ1) is 17.0. The zero-order chi connectivity index (χ0) is 24.4. The Balaban J connectivity index is 1.56. The van der Waals surface area contributed by atoms with Crippen LogP contribution in [0.25, 0.3) is 22.1 Å². The summed E-state index contributed by atoms with van der Waals surface area (Å²) >= 11 is 6.11. The van der Waals surface area contributed by atoms with Gasteiger partial charge in [0.2, 0.25) is 5.43 Å². The summed E-state index contributed by atoms with van der Waals surface area (Å²) in [4.78, 5) is 13.7. The number of fused-ring (bicyclic) bond motifs is 2. The first kappa shape index (κ1) is 23.3. The molecule has 5 nitrogen and oxygen atoms in total. The van der Waals surface area contributed by atoms with Crippen molar-refractivity contribution in [3.8, 4) is 28.4 Å². The van der Waals surface area contributed by atoms with Crippen LogP contribution in [-0.2, 0) is 13.0 Å². The zero-order valence-corrected chi connectivity index (χ0v) is 20.6. The third kappa shape index (κ3) is 4.87. The molecule has 0 aliphatic carbocycles. The molecule has 0 radical (unpaired) electrons. The minimum Gasteiger partial charge on any atom is -0.490 e. The monoisotopic (exact) mass is 490 g/mol. The molecule has 0 saturated heterocycles. The lowest BCUT2D eigenvalue weighted by atomic mass is 10.00. The topological polar surface area (TPSA) is 57.9 Å². The van der Waals surface area contributed by atoms with Crippen molar-refractivity contribution >= 4 is 22.6 Å². The second-order valence-corrected chi connectivity index (χ2v) is 9.14. The molecule has 2 heterocycles. The van der Waals surface area contributed by atoms with Gasteiger partial charge < -0.3 is 18.6 Å². The van der Waals surface area contributed by atoms with Crippen LogP contribution < -0.4 is 19.6 Å². The van der Waals surface area contributed by atoms with Gasteiger partial charge in [-0.2, -0.15) is 0 Å². The summed E-state index contributed by atoms with van der Waals surface area (Å²) < 4.78 is 23.9. The summed E-state index contributed by atoms with van der Waals surface area (Å²) in [6.45, 7) is 5.49. The Labute approximate surface area is 209 Å². The van der Waals surface area contributed by atoms with Gasteiger partial charge in [-0.3, -0.25) is 4.79 Å². The standard InChI is InChI=1S/C29H27ClO5/c1-3-6-20-14-23-26(16-25(20)34-17-19-7-4-8-22(30)13-19)35-18(2)28(29(23)31)21-9-10-24-27(15-21)33-12-5-11-32-24/h4,7-10,13-16H,3,5-6,11-12,17H2,1-2H3. The third-order valence-electron chi connectivity index (χ3n) is 6.09. The molecule has 1 aromatic heterocycles. The largest absolute Gasteiger partial charge is 0.490 e. The Morgan fingerprint density at radius 2 is 1.83 bits per heavy atom. The van der Waals surface area contributed by atoms with Gasteiger partial charge in [0.1, 0.15) is 23.7 Å². The lowest BCUT2D eigenvalue weighted by Crippen LogP contribution is -2.09. The molecule has 3 aromatic carbocycles. The van der Waals surface area contributed by atoms with Crippen LogP contribution in [0, 0.1) is 6.92 Å². The Morgan fingerprint density at radius 1 is 1.00 bits per heavy atom. The van der Waals surface area contributed by atoms with Gasteiger partial charge in [-0.15, -0.1) is 0 Å². The molecular weight excluding hydrogens is 464 g/mol. The molecule has 1 aliphatic heterocycles. The number of halogens is 1. The highest BCUT2D eigenvalue weighted by atomic mass is 35.5. The molecule has 0 amide bonds. The Morgan fingerprint density at radius 3 is 2.63 bits per heavy atom. The first-order valence-electron chi connectivity index (χ1n) is 11.9. The van der Waals surface area contributed by atoms with Gasteiger partial charge in [-0.25, -0.2) is 0 Å². The van der Waals surface area contributed by atoms with E-state index in [2.05, 4.69) is 6.92 Å². The molecule has 0 N–H and O–H groups in total.